The first-order valence-electron chi connectivity index (χ1n) is 7.28. The van der Waals surface area contributed by atoms with Gasteiger partial charge in [-0.25, -0.2) is 0 Å². The molecule has 1 unspecified atom stereocenters. The van der Waals surface area contributed by atoms with Gasteiger partial charge in [0.05, 0.1) is 6.10 Å². The molecular formula is C14H28N2O. The molecule has 0 aliphatic carbocycles. The van der Waals surface area contributed by atoms with Gasteiger partial charge in [-0.15, -0.1) is 0 Å². The summed E-state index contributed by atoms with van der Waals surface area (Å²) in [6.45, 7) is 11.5. The van der Waals surface area contributed by atoms with Crippen LogP contribution in [0.4, 0.5) is 0 Å². The van der Waals surface area contributed by atoms with E-state index in [9.17, 15) is 0 Å². The topological polar surface area (TPSA) is 24.5 Å². The fraction of sp³-hybridized carbons (Fsp3) is 1.00. The van der Waals surface area contributed by atoms with E-state index < -0.39 is 0 Å². The molecule has 2 rings (SSSR count). The lowest BCUT2D eigenvalue weighted by molar-refractivity contribution is 0.0404. The molecule has 1 atom stereocenters. The smallest absolute Gasteiger partial charge is 0.0714 e. The second-order valence-electron chi connectivity index (χ2n) is 6.09. The van der Waals surface area contributed by atoms with E-state index >= 15 is 0 Å². The predicted octanol–water partition coefficient (Wildman–Crippen LogP) is 1.73. The molecule has 0 bridgehead atoms. The van der Waals surface area contributed by atoms with Crippen molar-refractivity contribution < 1.29 is 4.74 Å². The third-order valence-corrected chi connectivity index (χ3v) is 3.87. The lowest BCUT2D eigenvalue weighted by atomic mass is 9.98. The maximum Gasteiger partial charge on any atom is 0.0714 e. The van der Waals surface area contributed by atoms with Gasteiger partial charge in [-0.1, -0.05) is 13.8 Å². The van der Waals surface area contributed by atoms with Crippen LogP contribution in [0.25, 0.3) is 0 Å². The summed E-state index contributed by atoms with van der Waals surface area (Å²) in [6, 6.07) is 0. The summed E-state index contributed by atoms with van der Waals surface area (Å²) in [4.78, 5) is 2.61. The van der Waals surface area contributed by atoms with E-state index in [-0.39, 0.29) is 0 Å². The van der Waals surface area contributed by atoms with Gasteiger partial charge in [0.25, 0.3) is 0 Å². The van der Waals surface area contributed by atoms with E-state index in [2.05, 4.69) is 24.1 Å². The van der Waals surface area contributed by atoms with Crippen molar-refractivity contribution in [3.05, 3.63) is 0 Å². The zero-order valence-corrected chi connectivity index (χ0v) is 11.5. The van der Waals surface area contributed by atoms with Crippen molar-refractivity contribution in [1.82, 2.24) is 10.2 Å². The molecule has 2 heterocycles. The Labute approximate surface area is 106 Å². The van der Waals surface area contributed by atoms with Crippen LogP contribution in [-0.4, -0.2) is 50.3 Å². The molecule has 0 aromatic carbocycles. The number of hydrogen-bond acceptors (Lipinski definition) is 3. The molecule has 2 aliphatic rings. The van der Waals surface area contributed by atoms with E-state index in [1.807, 2.05) is 0 Å². The average molecular weight is 240 g/mol. The SMILES string of the molecule is CC(C)COC1CCN(CC2CCNCC2)C1. The number of rotatable bonds is 5. The number of ether oxygens (including phenoxy) is 1. The first kappa shape index (κ1) is 13.3. The molecule has 100 valence electrons. The molecule has 0 amide bonds. The first-order valence-corrected chi connectivity index (χ1v) is 7.28. The number of likely N-dealkylation sites (tertiary alicyclic amines) is 1. The number of piperidine rings is 1. The number of hydrogen-bond donors (Lipinski definition) is 1. The van der Waals surface area contributed by atoms with Crippen LogP contribution in [0.2, 0.25) is 0 Å². The molecule has 3 heteroatoms. The third kappa shape index (κ3) is 4.57. The van der Waals surface area contributed by atoms with Crippen molar-refractivity contribution in [2.75, 3.05) is 39.3 Å². The summed E-state index contributed by atoms with van der Waals surface area (Å²) < 4.78 is 5.93. The predicted molar refractivity (Wildman–Crippen MR) is 71.2 cm³/mol. The Kier molecular flexibility index (Phi) is 5.26. The number of nitrogens with one attached hydrogen (secondary N) is 1. The van der Waals surface area contributed by atoms with Crippen molar-refractivity contribution in [2.24, 2.45) is 11.8 Å². The zero-order chi connectivity index (χ0) is 12.1. The summed E-state index contributed by atoms with van der Waals surface area (Å²) in [5.41, 5.74) is 0. The van der Waals surface area contributed by atoms with Crippen LogP contribution in [0.15, 0.2) is 0 Å². The van der Waals surface area contributed by atoms with Crippen LogP contribution < -0.4 is 5.32 Å². The van der Waals surface area contributed by atoms with Crippen LogP contribution in [-0.2, 0) is 4.74 Å². The summed E-state index contributed by atoms with van der Waals surface area (Å²) in [6.07, 6.45) is 4.44. The summed E-state index contributed by atoms with van der Waals surface area (Å²) in [5.74, 6) is 1.58. The van der Waals surface area contributed by atoms with E-state index in [4.69, 9.17) is 4.74 Å². The van der Waals surface area contributed by atoms with Crippen molar-refractivity contribution in [1.29, 1.82) is 0 Å². The van der Waals surface area contributed by atoms with Crippen LogP contribution >= 0.6 is 0 Å². The molecule has 2 fully saturated rings. The molecule has 0 aromatic heterocycles. The van der Waals surface area contributed by atoms with Crippen LogP contribution in [0.5, 0.6) is 0 Å². The summed E-state index contributed by atoms with van der Waals surface area (Å²) in [7, 11) is 0. The van der Waals surface area contributed by atoms with Gasteiger partial charge in [0, 0.05) is 26.2 Å². The fourth-order valence-corrected chi connectivity index (χ4v) is 2.86. The molecule has 17 heavy (non-hydrogen) atoms. The van der Waals surface area contributed by atoms with Gasteiger partial charge in [0.1, 0.15) is 0 Å². The van der Waals surface area contributed by atoms with Crippen molar-refractivity contribution >= 4 is 0 Å². The standard InChI is InChI=1S/C14H28N2O/c1-12(2)11-17-14-5-8-16(10-14)9-13-3-6-15-7-4-13/h12-15H,3-11H2,1-2H3. The molecule has 0 spiro atoms. The Morgan fingerprint density at radius 3 is 2.71 bits per heavy atom. The second kappa shape index (κ2) is 6.72. The Morgan fingerprint density at radius 1 is 1.24 bits per heavy atom. The van der Waals surface area contributed by atoms with E-state index in [1.165, 1.54) is 45.4 Å². The van der Waals surface area contributed by atoms with Crippen molar-refractivity contribution in [3.63, 3.8) is 0 Å². The van der Waals surface area contributed by atoms with Crippen molar-refractivity contribution in [3.8, 4) is 0 Å². The highest BCUT2D eigenvalue weighted by Gasteiger charge is 2.25. The van der Waals surface area contributed by atoms with Crippen LogP contribution in [0.3, 0.4) is 0 Å². The minimum absolute atomic E-state index is 0.499. The van der Waals surface area contributed by atoms with Gasteiger partial charge in [-0.05, 0) is 44.2 Å². The zero-order valence-electron chi connectivity index (χ0n) is 11.5. The molecule has 3 nitrogen and oxygen atoms in total. The number of nitrogens with zero attached hydrogens (tertiary/aromatic N) is 1. The molecule has 2 saturated heterocycles. The average Bonchev–Trinajstić information content (AvgIpc) is 2.75. The lowest BCUT2D eigenvalue weighted by Crippen LogP contribution is -2.35. The molecule has 0 saturated carbocycles. The minimum Gasteiger partial charge on any atom is -0.377 e. The van der Waals surface area contributed by atoms with Gasteiger partial charge in [-0.2, -0.15) is 0 Å². The van der Waals surface area contributed by atoms with Crippen LogP contribution in [0, 0.1) is 11.8 Å². The van der Waals surface area contributed by atoms with E-state index in [0.717, 1.165) is 19.1 Å². The Hall–Kier alpha value is -0.120. The highest BCUT2D eigenvalue weighted by Crippen LogP contribution is 2.19. The van der Waals surface area contributed by atoms with Gasteiger partial charge in [0.2, 0.25) is 0 Å². The molecule has 1 N–H and O–H groups in total. The maximum atomic E-state index is 5.93. The Bertz CT molecular complexity index is 214. The molecule has 0 radical (unpaired) electrons. The highest BCUT2D eigenvalue weighted by molar-refractivity contribution is 4.80. The Balaban J connectivity index is 1.63. The fourth-order valence-electron chi connectivity index (χ4n) is 2.86. The van der Waals surface area contributed by atoms with Gasteiger partial charge in [-0.3, -0.25) is 0 Å². The second-order valence-corrected chi connectivity index (χ2v) is 6.09. The normalized spacial score (nSPS) is 28.1. The van der Waals surface area contributed by atoms with Crippen LogP contribution in [0.1, 0.15) is 33.1 Å². The molecular weight excluding hydrogens is 212 g/mol. The lowest BCUT2D eigenvalue weighted by Gasteiger charge is -2.27. The quantitative estimate of drug-likeness (QED) is 0.792. The first-order chi connectivity index (χ1) is 8.24. The highest BCUT2D eigenvalue weighted by atomic mass is 16.5. The van der Waals surface area contributed by atoms with Gasteiger partial charge in [0.15, 0.2) is 0 Å². The third-order valence-electron chi connectivity index (χ3n) is 3.87. The van der Waals surface area contributed by atoms with E-state index in [1.54, 1.807) is 0 Å². The summed E-state index contributed by atoms with van der Waals surface area (Å²) >= 11 is 0. The minimum atomic E-state index is 0.499. The van der Waals surface area contributed by atoms with Crippen molar-refractivity contribution in [2.45, 2.75) is 39.2 Å². The molecule has 0 aromatic rings. The van der Waals surface area contributed by atoms with Gasteiger partial charge < -0.3 is 15.0 Å². The Morgan fingerprint density at radius 2 is 2.00 bits per heavy atom. The maximum absolute atomic E-state index is 5.93. The molecule has 2 aliphatic heterocycles. The monoisotopic (exact) mass is 240 g/mol. The summed E-state index contributed by atoms with van der Waals surface area (Å²) in [5, 5.41) is 3.44. The van der Waals surface area contributed by atoms with Gasteiger partial charge >= 0.3 is 0 Å². The largest absolute Gasteiger partial charge is 0.377 e. The van der Waals surface area contributed by atoms with E-state index in [0.29, 0.717) is 12.0 Å².